The second kappa shape index (κ2) is 10.4. The number of carbonyl (C=O) groups is 2. The minimum Gasteiger partial charge on any atom is -0.490 e. The van der Waals surface area contributed by atoms with E-state index in [-0.39, 0.29) is 29.8 Å². The number of carbonyl (C=O) groups excluding carboxylic acids is 2. The average Bonchev–Trinajstić information content (AvgIpc) is 3.12. The van der Waals surface area contributed by atoms with Gasteiger partial charge in [-0.2, -0.15) is 4.31 Å². The number of methoxy groups -OCH3 is 1. The molecule has 2 heterocycles. The van der Waals surface area contributed by atoms with Gasteiger partial charge in [0.25, 0.3) is 0 Å². The summed E-state index contributed by atoms with van der Waals surface area (Å²) in [6, 6.07) is 11.5. The first-order valence-corrected chi connectivity index (χ1v) is 12.7. The van der Waals surface area contributed by atoms with Crippen LogP contribution >= 0.6 is 0 Å². The first kappa shape index (κ1) is 24.0. The van der Waals surface area contributed by atoms with Gasteiger partial charge in [0, 0.05) is 38.0 Å². The fourth-order valence-corrected chi connectivity index (χ4v) is 5.51. The van der Waals surface area contributed by atoms with E-state index in [1.807, 2.05) is 0 Å². The maximum absolute atomic E-state index is 13.1. The fraction of sp³-hybridized carbons (Fsp3) is 0.417. The minimum atomic E-state index is -3.70. The Kier molecular flexibility index (Phi) is 7.38. The normalized spacial score (nSPS) is 17.0. The van der Waals surface area contributed by atoms with Crippen molar-refractivity contribution >= 4 is 21.9 Å². The van der Waals surface area contributed by atoms with Crippen LogP contribution < -0.4 is 14.8 Å². The third kappa shape index (κ3) is 5.34. The van der Waals surface area contributed by atoms with E-state index in [1.165, 1.54) is 23.5 Å². The molecule has 2 aliphatic heterocycles. The molecule has 0 saturated carbocycles. The van der Waals surface area contributed by atoms with Gasteiger partial charge in [0.1, 0.15) is 0 Å². The smallest absolute Gasteiger partial charge is 0.337 e. The summed E-state index contributed by atoms with van der Waals surface area (Å²) in [6.07, 6.45) is 1.62. The molecule has 1 N–H and O–H groups in total. The Balaban J connectivity index is 1.31. The second-order valence-corrected chi connectivity index (χ2v) is 10.2. The maximum atomic E-state index is 13.1. The van der Waals surface area contributed by atoms with Gasteiger partial charge in [-0.3, -0.25) is 4.79 Å². The standard InChI is InChI=1S/C24H28N2O7S/c1-31-24(28)19-5-3-17(4-6-19)16-25-23(27)18-9-11-26(12-10-18)34(29,30)20-7-8-21-22(15-20)33-14-2-13-32-21/h3-8,15,18H,2,9-14,16H2,1H3,(H,25,27). The van der Waals surface area contributed by atoms with Crippen LogP contribution in [-0.4, -0.2) is 58.0 Å². The van der Waals surface area contributed by atoms with Crippen LogP contribution in [0.1, 0.15) is 35.2 Å². The highest BCUT2D eigenvalue weighted by atomic mass is 32.2. The molecule has 0 bridgehead atoms. The highest BCUT2D eigenvalue weighted by molar-refractivity contribution is 7.89. The van der Waals surface area contributed by atoms with Crippen molar-refractivity contribution in [2.24, 2.45) is 5.92 Å². The van der Waals surface area contributed by atoms with Crippen molar-refractivity contribution in [2.75, 3.05) is 33.4 Å². The third-order valence-corrected chi connectivity index (χ3v) is 7.92. The summed E-state index contributed by atoms with van der Waals surface area (Å²) in [7, 11) is -2.37. The van der Waals surface area contributed by atoms with Crippen molar-refractivity contribution in [1.82, 2.24) is 9.62 Å². The molecule has 2 aromatic rings. The summed E-state index contributed by atoms with van der Waals surface area (Å²) < 4.78 is 43.6. The zero-order valence-corrected chi connectivity index (χ0v) is 19.8. The van der Waals surface area contributed by atoms with Crippen LogP contribution in [0.15, 0.2) is 47.4 Å². The number of rotatable bonds is 6. The first-order valence-electron chi connectivity index (χ1n) is 11.2. The number of piperidine rings is 1. The molecule has 0 atom stereocenters. The van der Waals surface area contributed by atoms with E-state index in [4.69, 9.17) is 9.47 Å². The Bertz CT molecular complexity index is 1140. The van der Waals surface area contributed by atoms with Crippen molar-refractivity contribution in [3.05, 3.63) is 53.6 Å². The number of amides is 1. The van der Waals surface area contributed by atoms with Crippen LogP contribution in [0.25, 0.3) is 0 Å². The molecule has 4 rings (SSSR count). The molecule has 9 nitrogen and oxygen atoms in total. The topological polar surface area (TPSA) is 111 Å². The van der Waals surface area contributed by atoms with Crippen molar-refractivity contribution in [3.8, 4) is 11.5 Å². The molecule has 1 fully saturated rings. The molecule has 0 radical (unpaired) electrons. The molecule has 1 saturated heterocycles. The summed E-state index contributed by atoms with van der Waals surface area (Å²) in [5.74, 6) is 0.206. The average molecular weight is 489 g/mol. The van der Waals surface area contributed by atoms with Gasteiger partial charge in [-0.25, -0.2) is 13.2 Å². The summed E-state index contributed by atoms with van der Waals surface area (Å²) in [5.41, 5.74) is 1.30. The summed E-state index contributed by atoms with van der Waals surface area (Å²) in [5, 5.41) is 2.90. The number of hydrogen-bond acceptors (Lipinski definition) is 7. The molecule has 34 heavy (non-hydrogen) atoms. The SMILES string of the molecule is COC(=O)c1ccc(CNC(=O)C2CCN(S(=O)(=O)c3ccc4c(c3)OCCCO4)CC2)cc1. The van der Waals surface area contributed by atoms with E-state index in [2.05, 4.69) is 10.1 Å². The molecule has 10 heteroatoms. The predicted octanol–water partition coefficient (Wildman–Crippen LogP) is 2.35. The van der Waals surface area contributed by atoms with E-state index in [1.54, 1.807) is 30.3 Å². The number of sulfonamides is 1. The number of hydrogen-bond donors (Lipinski definition) is 1. The van der Waals surface area contributed by atoms with Crippen LogP contribution in [0.4, 0.5) is 0 Å². The molecule has 0 spiro atoms. The number of fused-ring (bicyclic) bond motifs is 1. The van der Waals surface area contributed by atoms with Crippen molar-refractivity contribution in [3.63, 3.8) is 0 Å². The number of esters is 1. The zero-order valence-electron chi connectivity index (χ0n) is 19.0. The molecule has 0 aliphatic carbocycles. The number of nitrogens with one attached hydrogen (secondary N) is 1. The largest absolute Gasteiger partial charge is 0.490 e. The van der Waals surface area contributed by atoms with E-state index >= 15 is 0 Å². The second-order valence-electron chi connectivity index (χ2n) is 8.24. The Morgan fingerprint density at radius 1 is 1.03 bits per heavy atom. The fourth-order valence-electron chi connectivity index (χ4n) is 4.02. The quantitative estimate of drug-likeness (QED) is 0.622. The van der Waals surface area contributed by atoms with Gasteiger partial charge >= 0.3 is 5.97 Å². The highest BCUT2D eigenvalue weighted by Crippen LogP contribution is 2.33. The lowest BCUT2D eigenvalue weighted by Crippen LogP contribution is -2.42. The number of benzene rings is 2. The summed E-state index contributed by atoms with van der Waals surface area (Å²) in [4.78, 5) is 24.3. The molecule has 2 aliphatic rings. The monoisotopic (exact) mass is 488 g/mol. The van der Waals surface area contributed by atoms with Gasteiger partial charge in [0.2, 0.25) is 15.9 Å². The van der Waals surface area contributed by atoms with Gasteiger partial charge in [-0.1, -0.05) is 12.1 Å². The summed E-state index contributed by atoms with van der Waals surface area (Å²) in [6.45, 7) is 1.88. The molecule has 2 aromatic carbocycles. The lowest BCUT2D eigenvalue weighted by molar-refractivity contribution is -0.126. The summed E-state index contributed by atoms with van der Waals surface area (Å²) >= 11 is 0. The minimum absolute atomic E-state index is 0.107. The lowest BCUT2D eigenvalue weighted by atomic mass is 9.97. The van der Waals surface area contributed by atoms with Gasteiger partial charge in [-0.05, 0) is 42.7 Å². The third-order valence-electron chi connectivity index (χ3n) is 6.02. The van der Waals surface area contributed by atoms with Gasteiger partial charge < -0.3 is 19.5 Å². The molecule has 0 unspecified atom stereocenters. The zero-order chi connectivity index (χ0) is 24.1. The van der Waals surface area contributed by atoms with Crippen molar-refractivity contribution in [2.45, 2.75) is 30.7 Å². The first-order chi connectivity index (χ1) is 16.4. The van der Waals surface area contributed by atoms with E-state index in [0.717, 1.165) is 12.0 Å². The molecule has 182 valence electrons. The molecular weight excluding hydrogens is 460 g/mol. The van der Waals surface area contributed by atoms with E-state index in [0.29, 0.717) is 49.7 Å². The molecule has 0 aromatic heterocycles. The Morgan fingerprint density at radius 2 is 1.71 bits per heavy atom. The Hall–Kier alpha value is -3.11. The van der Waals surface area contributed by atoms with Crippen LogP contribution in [0.3, 0.4) is 0 Å². The van der Waals surface area contributed by atoms with E-state index in [9.17, 15) is 18.0 Å². The van der Waals surface area contributed by atoms with Crippen molar-refractivity contribution in [1.29, 1.82) is 0 Å². The van der Waals surface area contributed by atoms with Crippen LogP contribution in [-0.2, 0) is 26.1 Å². The van der Waals surface area contributed by atoms with E-state index < -0.39 is 16.0 Å². The Morgan fingerprint density at radius 3 is 2.38 bits per heavy atom. The predicted molar refractivity (Wildman–Crippen MR) is 123 cm³/mol. The number of nitrogens with zero attached hydrogens (tertiary/aromatic N) is 1. The van der Waals surface area contributed by atoms with Crippen LogP contribution in [0.2, 0.25) is 0 Å². The van der Waals surface area contributed by atoms with Crippen molar-refractivity contribution < 1.29 is 32.2 Å². The van der Waals surface area contributed by atoms with Crippen LogP contribution in [0, 0.1) is 5.92 Å². The number of ether oxygens (including phenoxy) is 3. The Labute approximate surface area is 199 Å². The van der Waals surface area contributed by atoms with Crippen LogP contribution in [0.5, 0.6) is 11.5 Å². The molecular formula is C24H28N2O7S. The highest BCUT2D eigenvalue weighted by Gasteiger charge is 2.32. The lowest BCUT2D eigenvalue weighted by Gasteiger charge is -2.30. The van der Waals surface area contributed by atoms with Gasteiger partial charge in [-0.15, -0.1) is 0 Å². The van der Waals surface area contributed by atoms with Gasteiger partial charge in [0.05, 0.1) is 30.8 Å². The molecule has 1 amide bonds. The van der Waals surface area contributed by atoms with Gasteiger partial charge in [0.15, 0.2) is 11.5 Å². The maximum Gasteiger partial charge on any atom is 0.337 e.